The van der Waals surface area contributed by atoms with E-state index in [2.05, 4.69) is 6.07 Å². The maximum absolute atomic E-state index is 11.8. The van der Waals surface area contributed by atoms with Crippen LogP contribution in [0.3, 0.4) is 0 Å². The first-order valence-corrected chi connectivity index (χ1v) is 5.67. The molecule has 1 heterocycles. The van der Waals surface area contributed by atoms with Crippen molar-refractivity contribution in [3.8, 4) is 11.8 Å². The summed E-state index contributed by atoms with van der Waals surface area (Å²) >= 11 is 0. The molecule has 2 aromatic rings. The van der Waals surface area contributed by atoms with Crippen LogP contribution < -0.4 is 16.0 Å². The molecular formula is C14H13N3O2. The molecule has 0 fully saturated rings. The van der Waals surface area contributed by atoms with Crippen LogP contribution in [-0.2, 0) is 6.54 Å². The average molecular weight is 255 g/mol. The quantitative estimate of drug-likeness (QED) is 0.897. The number of nitrogens with zero attached hydrogens (tertiary/aromatic N) is 2. The van der Waals surface area contributed by atoms with E-state index in [4.69, 9.17) is 15.7 Å². The van der Waals surface area contributed by atoms with E-state index < -0.39 is 0 Å². The van der Waals surface area contributed by atoms with E-state index in [1.54, 1.807) is 30.5 Å². The normalized spacial score (nSPS) is 9.89. The Hall–Kier alpha value is -2.74. The van der Waals surface area contributed by atoms with Gasteiger partial charge in [-0.1, -0.05) is 6.07 Å². The van der Waals surface area contributed by atoms with Gasteiger partial charge in [-0.05, 0) is 29.8 Å². The predicted octanol–water partition coefficient (Wildman–Crippen LogP) is 1.36. The van der Waals surface area contributed by atoms with Gasteiger partial charge in [-0.15, -0.1) is 0 Å². The van der Waals surface area contributed by atoms with Crippen molar-refractivity contribution in [2.24, 2.45) is 0 Å². The van der Waals surface area contributed by atoms with Crippen LogP contribution >= 0.6 is 0 Å². The summed E-state index contributed by atoms with van der Waals surface area (Å²) in [6, 6.07) is 10.6. The molecule has 0 unspecified atom stereocenters. The van der Waals surface area contributed by atoms with E-state index in [1.807, 2.05) is 6.07 Å². The van der Waals surface area contributed by atoms with Gasteiger partial charge in [0.1, 0.15) is 11.8 Å². The second-order valence-corrected chi connectivity index (χ2v) is 4.04. The van der Waals surface area contributed by atoms with Crippen molar-refractivity contribution in [1.82, 2.24) is 4.57 Å². The molecule has 1 aromatic carbocycles. The minimum Gasteiger partial charge on any atom is -0.495 e. The van der Waals surface area contributed by atoms with Crippen molar-refractivity contribution >= 4 is 5.69 Å². The molecule has 2 rings (SSSR count). The summed E-state index contributed by atoms with van der Waals surface area (Å²) in [5.41, 5.74) is 6.82. The number of aromatic nitrogens is 1. The highest BCUT2D eigenvalue weighted by atomic mass is 16.5. The lowest BCUT2D eigenvalue weighted by molar-refractivity contribution is 0.413. The van der Waals surface area contributed by atoms with Crippen LogP contribution in [0.4, 0.5) is 5.69 Å². The molecule has 5 nitrogen and oxygen atoms in total. The molecule has 0 saturated carbocycles. The van der Waals surface area contributed by atoms with E-state index in [1.165, 1.54) is 11.7 Å². The number of anilines is 1. The monoisotopic (exact) mass is 255 g/mol. The van der Waals surface area contributed by atoms with Crippen molar-refractivity contribution in [3.05, 3.63) is 58.0 Å². The largest absolute Gasteiger partial charge is 0.495 e. The van der Waals surface area contributed by atoms with Crippen molar-refractivity contribution in [2.75, 3.05) is 12.8 Å². The highest BCUT2D eigenvalue weighted by Gasteiger charge is 2.05. The third kappa shape index (κ3) is 2.58. The Morgan fingerprint density at radius 1 is 1.42 bits per heavy atom. The second-order valence-electron chi connectivity index (χ2n) is 4.04. The van der Waals surface area contributed by atoms with Crippen molar-refractivity contribution in [1.29, 1.82) is 5.26 Å². The van der Waals surface area contributed by atoms with E-state index in [0.717, 1.165) is 5.56 Å². The van der Waals surface area contributed by atoms with Gasteiger partial charge in [-0.3, -0.25) is 4.79 Å². The molecule has 19 heavy (non-hydrogen) atoms. The smallest absolute Gasteiger partial charge is 0.273 e. The van der Waals surface area contributed by atoms with Gasteiger partial charge in [0, 0.05) is 6.20 Å². The van der Waals surface area contributed by atoms with Crippen LogP contribution in [0.1, 0.15) is 11.1 Å². The minimum atomic E-state index is -0.239. The second kappa shape index (κ2) is 5.27. The fourth-order valence-electron chi connectivity index (χ4n) is 1.82. The summed E-state index contributed by atoms with van der Waals surface area (Å²) in [6.45, 7) is 0.364. The minimum absolute atomic E-state index is 0.205. The summed E-state index contributed by atoms with van der Waals surface area (Å²) in [5, 5.41) is 9.02. The van der Waals surface area contributed by atoms with E-state index >= 15 is 0 Å². The number of nitriles is 1. The highest BCUT2D eigenvalue weighted by molar-refractivity contribution is 5.45. The Balaban J connectivity index is 2.37. The van der Waals surface area contributed by atoms with Crippen molar-refractivity contribution in [3.63, 3.8) is 0 Å². The maximum Gasteiger partial charge on any atom is 0.273 e. The molecule has 0 aliphatic heterocycles. The van der Waals surface area contributed by atoms with E-state index in [0.29, 0.717) is 17.9 Å². The highest BCUT2D eigenvalue weighted by Crippen LogP contribution is 2.19. The van der Waals surface area contributed by atoms with Crippen molar-refractivity contribution < 1.29 is 4.74 Å². The number of rotatable bonds is 3. The zero-order valence-corrected chi connectivity index (χ0v) is 10.5. The van der Waals surface area contributed by atoms with Crippen LogP contribution in [-0.4, -0.2) is 11.7 Å². The summed E-state index contributed by atoms with van der Waals surface area (Å²) in [4.78, 5) is 11.8. The van der Waals surface area contributed by atoms with Gasteiger partial charge in [0.15, 0.2) is 0 Å². The lowest BCUT2D eigenvalue weighted by atomic mass is 10.1. The van der Waals surface area contributed by atoms with Gasteiger partial charge in [-0.25, -0.2) is 0 Å². The SMILES string of the molecule is COc1ccc(Cn2cccc(N)c2=O)cc1C#N. The molecular weight excluding hydrogens is 242 g/mol. The number of nitrogens with two attached hydrogens (primary N) is 1. The lowest BCUT2D eigenvalue weighted by Crippen LogP contribution is -2.22. The Labute approximate surface area is 110 Å². The molecule has 0 atom stereocenters. The van der Waals surface area contributed by atoms with Gasteiger partial charge in [0.25, 0.3) is 5.56 Å². The molecule has 0 aliphatic carbocycles. The standard InChI is InChI=1S/C14H13N3O2/c1-19-13-5-4-10(7-11(13)8-15)9-17-6-2-3-12(16)14(17)18/h2-7H,9,16H2,1H3. The summed E-state index contributed by atoms with van der Waals surface area (Å²) in [6.07, 6.45) is 1.66. The Bertz CT molecular complexity index is 699. The Kier molecular flexibility index (Phi) is 3.53. The number of pyridine rings is 1. The lowest BCUT2D eigenvalue weighted by Gasteiger charge is -2.08. The molecule has 1 aromatic heterocycles. The zero-order chi connectivity index (χ0) is 13.8. The number of ether oxygens (including phenoxy) is 1. The first kappa shape index (κ1) is 12.7. The zero-order valence-electron chi connectivity index (χ0n) is 10.5. The number of nitrogen functional groups attached to an aromatic ring is 1. The first-order valence-electron chi connectivity index (χ1n) is 5.67. The maximum atomic E-state index is 11.8. The molecule has 0 radical (unpaired) electrons. The topological polar surface area (TPSA) is 81.0 Å². The average Bonchev–Trinajstić information content (AvgIpc) is 2.43. The van der Waals surface area contributed by atoms with Crippen LogP contribution in [0, 0.1) is 11.3 Å². The van der Waals surface area contributed by atoms with Crippen LogP contribution in [0.25, 0.3) is 0 Å². The molecule has 0 spiro atoms. The summed E-state index contributed by atoms with van der Waals surface area (Å²) in [7, 11) is 1.51. The first-order chi connectivity index (χ1) is 9.15. The van der Waals surface area contributed by atoms with Gasteiger partial charge in [0.2, 0.25) is 0 Å². The molecule has 2 N–H and O–H groups in total. The van der Waals surface area contributed by atoms with Crippen LogP contribution in [0.5, 0.6) is 5.75 Å². The fraction of sp³-hybridized carbons (Fsp3) is 0.143. The van der Waals surface area contributed by atoms with Gasteiger partial charge < -0.3 is 15.0 Å². The molecule has 96 valence electrons. The third-order valence-corrected chi connectivity index (χ3v) is 2.79. The van der Waals surface area contributed by atoms with Crippen molar-refractivity contribution in [2.45, 2.75) is 6.54 Å². The summed E-state index contributed by atoms with van der Waals surface area (Å²) < 4.78 is 6.57. The number of benzene rings is 1. The molecule has 5 heteroatoms. The Morgan fingerprint density at radius 2 is 2.21 bits per heavy atom. The third-order valence-electron chi connectivity index (χ3n) is 2.79. The number of methoxy groups -OCH3 is 1. The summed E-state index contributed by atoms with van der Waals surface area (Å²) in [5.74, 6) is 0.520. The van der Waals surface area contributed by atoms with Crippen LogP contribution in [0.15, 0.2) is 41.3 Å². The molecule has 0 saturated heterocycles. The van der Waals surface area contributed by atoms with Gasteiger partial charge in [0.05, 0.1) is 24.9 Å². The van der Waals surface area contributed by atoms with Gasteiger partial charge >= 0.3 is 0 Å². The number of hydrogen-bond acceptors (Lipinski definition) is 4. The molecule has 0 amide bonds. The predicted molar refractivity (Wildman–Crippen MR) is 71.9 cm³/mol. The molecule has 0 bridgehead atoms. The fourth-order valence-corrected chi connectivity index (χ4v) is 1.82. The molecule has 0 aliphatic rings. The van der Waals surface area contributed by atoms with Crippen LogP contribution in [0.2, 0.25) is 0 Å². The van der Waals surface area contributed by atoms with E-state index in [-0.39, 0.29) is 11.2 Å². The number of hydrogen-bond donors (Lipinski definition) is 1. The van der Waals surface area contributed by atoms with E-state index in [9.17, 15) is 4.79 Å². The van der Waals surface area contributed by atoms with Gasteiger partial charge in [-0.2, -0.15) is 5.26 Å². The Morgan fingerprint density at radius 3 is 2.89 bits per heavy atom.